The second kappa shape index (κ2) is 14.1. The van der Waals surface area contributed by atoms with Gasteiger partial charge in [0.05, 0.1) is 10.9 Å². The molecule has 0 aliphatic carbocycles. The highest BCUT2D eigenvalue weighted by molar-refractivity contribution is 7.92. The van der Waals surface area contributed by atoms with Crippen LogP contribution in [0, 0.1) is 0 Å². The molecule has 2 unspecified atom stereocenters. The molecule has 4 heterocycles. The summed E-state index contributed by atoms with van der Waals surface area (Å²) in [6.45, 7) is 7.31. The van der Waals surface area contributed by atoms with Gasteiger partial charge in [0.2, 0.25) is 21.8 Å². The standard InChI is InChI=1S/C26H39ClN6O5S2/c1-2-10-28-26(36)31-15-13-30(14-16-31)18-20-5-3-12-33(20)24(34)19-32-11-4-6-22(25(32)35)29-40(37,38)17-9-21-7-8-23(27)39-21/h7-9,17,20,22,29H,2-6,10-16,18-19H2,1H3,(H,28,36)/b17-9+. The number of thiophene rings is 1. The Morgan fingerprint density at radius 1 is 1.10 bits per heavy atom. The number of hydrogen-bond acceptors (Lipinski definition) is 7. The Kier molecular flexibility index (Phi) is 10.9. The number of nitrogens with zero attached hydrogens (tertiary/aromatic N) is 4. The van der Waals surface area contributed by atoms with Crippen molar-refractivity contribution in [2.24, 2.45) is 0 Å². The number of rotatable bonds is 10. The second-order valence-corrected chi connectivity index (χ2v) is 13.8. The maximum absolute atomic E-state index is 13.3. The Morgan fingerprint density at radius 2 is 1.85 bits per heavy atom. The monoisotopic (exact) mass is 614 g/mol. The lowest BCUT2D eigenvalue weighted by atomic mass is 10.1. The van der Waals surface area contributed by atoms with Crippen LogP contribution in [0.1, 0.15) is 43.9 Å². The minimum atomic E-state index is -3.85. The van der Waals surface area contributed by atoms with E-state index in [1.807, 2.05) is 16.7 Å². The van der Waals surface area contributed by atoms with Gasteiger partial charge >= 0.3 is 6.03 Å². The summed E-state index contributed by atoms with van der Waals surface area (Å²) in [5.74, 6) is -0.477. The molecule has 4 rings (SSSR count). The van der Waals surface area contributed by atoms with Gasteiger partial charge in [-0.05, 0) is 50.3 Å². The van der Waals surface area contributed by atoms with E-state index in [1.54, 1.807) is 12.1 Å². The molecule has 2 atom stereocenters. The number of halogens is 1. The van der Waals surface area contributed by atoms with E-state index in [0.717, 1.165) is 44.3 Å². The molecule has 40 heavy (non-hydrogen) atoms. The summed E-state index contributed by atoms with van der Waals surface area (Å²) in [6.07, 6.45) is 5.16. The van der Waals surface area contributed by atoms with E-state index in [-0.39, 0.29) is 30.4 Å². The molecule has 3 aliphatic rings. The third-order valence-corrected chi connectivity index (χ3v) is 9.82. The van der Waals surface area contributed by atoms with Gasteiger partial charge in [0, 0.05) is 68.7 Å². The number of piperazine rings is 1. The molecule has 4 amide bonds. The zero-order valence-corrected chi connectivity index (χ0v) is 25.3. The average molecular weight is 615 g/mol. The number of piperidine rings is 1. The van der Waals surface area contributed by atoms with Crippen molar-refractivity contribution in [3.05, 3.63) is 26.8 Å². The number of urea groups is 1. The van der Waals surface area contributed by atoms with Gasteiger partial charge in [0.1, 0.15) is 6.04 Å². The van der Waals surface area contributed by atoms with E-state index >= 15 is 0 Å². The van der Waals surface area contributed by atoms with Crippen molar-refractivity contribution < 1.29 is 22.8 Å². The first-order chi connectivity index (χ1) is 19.1. The Morgan fingerprint density at radius 3 is 2.55 bits per heavy atom. The summed E-state index contributed by atoms with van der Waals surface area (Å²) in [5.41, 5.74) is 0. The van der Waals surface area contributed by atoms with Crippen LogP contribution >= 0.6 is 22.9 Å². The van der Waals surface area contributed by atoms with Crippen LogP contribution in [0.3, 0.4) is 0 Å². The number of sulfonamides is 1. The van der Waals surface area contributed by atoms with E-state index in [2.05, 4.69) is 14.9 Å². The summed E-state index contributed by atoms with van der Waals surface area (Å²) >= 11 is 7.15. The zero-order valence-electron chi connectivity index (χ0n) is 22.9. The molecule has 0 bridgehead atoms. The van der Waals surface area contributed by atoms with Crippen LogP contribution in [0.4, 0.5) is 4.79 Å². The predicted octanol–water partition coefficient (Wildman–Crippen LogP) is 2.01. The van der Waals surface area contributed by atoms with E-state index in [9.17, 15) is 22.8 Å². The molecular formula is C26H39ClN6O5S2. The van der Waals surface area contributed by atoms with Gasteiger partial charge in [-0.2, -0.15) is 4.72 Å². The Labute approximate surface area is 245 Å². The Balaban J connectivity index is 1.26. The number of likely N-dealkylation sites (tertiary alicyclic amines) is 2. The Hall–Kier alpha value is -2.19. The third kappa shape index (κ3) is 8.41. The first kappa shape index (κ1) is 30.8. The van der Waals surface area contributed by atoms with Crippen LogP contribution in [-0.2, 0) is 19.6 Å². The number of nitrogens with one attached hydrogen (secondary N) is 2. The van der Waals surface area contributed by atoms with E-state index < -0.39 is 16.1 Å². The third-order valence-electron chi connectivity index (χ3n) is 7.52. The molecule has 2 N–H and O–H groups in total. The number of amides is 4. The molecule has 1 aromatic heterocycles. The second-order valence-electron chi connectivity index (χ2n) is 10.5. The van der Waals surface area contributed by atoms with Gasteiger partial charge in [-0.3, -0.25) is 14.5 Å². The highest BCUT2D eigenvalue weighted by atomic mass is 35.5. The van der Waals surface area contributed by atoms with Crippen LogP contribution in [0.25, 0.3) is 6.08 Å². The SMILES string of the molecule is CCCNC(=O)N1CCN(CC2CCCN2C(=O)CN2CCCC(NS(=O)(=O)/C=C/c3ccc(Cl)s3)C2=O)CC1. The van der Waals surface area contributed by atoms with Gasteiger partial charge in [-0.25, -0.2) is 13.2 Å². The smallest absolute Gasteiger partial charge is 0.317 e. The largest absolute Gasteiger partial charge is 0.338 e. The van der Waals surface area contributed by atoms with Crippen molar-refractivity contribution in [1.82, 2.24) is 29.6 Å². The fraction of sp³-hybridized carbons (Fsp3) is 0.654. The molecule has 222 valence electrons. The molecule has 14 heteroatoms. The summed E-state index contributed by atoms with van der Waals surface area (Å²) < 4.78 is 28.2. The molecule has 0 aromatic carbocycles. The van der Waals surface area contributed by atoms with Crippen molar-refractivity contribution in [2.75, 3.05) is 58.9 Å². The van der Waals surface area contributed by atoms with Gasteiger partial charge in [0.25, 0.3) is 0 Å². The van der Waals surface area contributed by atoms with Crippen LogP contribution in [0.2, 0.25) is 4.34 Å². The first-order valence-corrected chi connectivity index (χ1v) is 16.7. The predicted molar refractivity (Wildman–Crippen MR) is 156 cm³/mol. The molecule has 1 aromatic rings. The van der Waals surface area contributed by atoms with Crippen molar-refractivity contribution in [2.45, 2.75) is 51.1 Å². The van der Waals surface area contributed by atoms with Crippen LogP contribution < -0.4 is 10.0 Å². The highest BCUT2D eigenvalue weighted by Gasteiger charge is 2.36. The maximum atomic E-state index is 13.3. The van der Waals surface area contributed by atoms with Crippen molar-refractivity contribution in [3.63, 3.8) is 0 Å². The van der Waals surface area contributed by atoms with Gasteiger partial charge in [-0.1, -0.05) is 18.5 Å². The number of carbonyl (C=O) groups is 3. The van der Waals surface area contributed by atoms with E-state index in [4.69, 9.17) is 11.6 Å². The zero-order chi connectivity index (χ0) is 28.7. The molecular weight excluding hydrogens is 576 g/mol. The fourth-order valence-electron chi connectivity index (χ4n) is 5.40. The lowest BCUT2D eigenvalue weighted by Gasteiger charge is -2.38. The van der Waals surface area contributed by atoms with Crippen LogP contribution in [-0.4, -0.2) is 117 Å². The topological polar surface area (TPSA) is 122 Å². The van der Waals surface area contributed by atoms with Crippen molar-refractivity contribution in [3.8, 4) is 0 Å². The fourth-order valence-corrected chi connectivity index (χ4v) is 7.47. The molecule has 0 spiro atoms. The minimum Gasteiger partial charge on any atom is -0.338 e. The lowest BCUT2D eigenvalue weighted by molar-refractivity contribution is -0.143. The highest BCUT2D eigenvalue weighted by Crippen LogP contribution is 2.23. The quantitative estimate of drug-likeness (QED) is 0.416. The molecule has 3 aliphatic heterocycles. The first-order valence-electron chi connectivity index (χ1n) is 13.9. The van der Waals surface area contributed by atoms with Gasteiger partial charge < -0.3 is 20.0 Å². The number of hydrogen-bond donors (Lipinski definition) is 2. The summed E-state index contributed by atoms with van der Waals surface area (Å²) in [6, 6.07) is 2.55. The molecule has 3 fully saturated rings. The molecule has 0 radical (unpaired) electrons. The lowest BCUT2D eigenvalue weighted by Crippen LogP contribution is -2.56. The van der Waals surface area contributed by atoms with Gasteiger partial charge in [-0.15, -0.1) is 11.3 Å². The molecule has 3 saturated heterocycles. The Bertz CT molecular complexity index is 1180. The van der Waals surface area contributed by atoms with Crippen LogP contribution in [0.15, 0.2) is 17.5 Å². The van der Waals surface area contributed by atoms with Crippen molar-refractivity contribution >= 4 is 56.9 Å². The molecule has 11 nitrogen and oxygen atoms in total. The van der Waals surface area contributed by atoms with Gasteiger partial charge in [0.15, 0.2) is 0 Å². The van der Waals surface area contributed by atoms with E-state index in [0.29, 0.717) is 54.8 Å². The summed E-state index contributed by atoms with van der Waals surface area (Å²) in [7, 11) is -3.85. The average Bonchev–Trinajstić information content (AvgIpc) is 3.57. The number of carbonyl (C=O) groups excluding carboxylic acids is 3. The maximum Gasteiger partial charge on any atom is 0.317 e. The minimum absolute atomic E-state index is 0.0191. The summed E-state index contributed by atoms with van der Waals surface area (Å²) in [4.78, 5) is 46.8. The van der Waals surface area contributed by atoms with Crippen molar-refractivity contribution in [1.29, 1.82) is 0 Å². The normalized spacial score (nSPS) is 22.9. The summed E-state index contributed by atoms with van der Waals surface area (Å²) in [5, 5.41) is 3.96. The molecule has 0 saturated carbocycles. The van der Waals surface area contributed by atoms with E-state index in [1.165, 1.54) is 22.3 Å². The van der Waals surface area contributed by atoms with Crippen LogP contribution in [0.5, 0.6) is 0 Å².